The van der Waals surface area contributed by atoms with Crippen molar-refractivity contribution in [2.45, 2.75) is 70.1 Å². The van der Waals surface area contributed by atoms with Gasteiger partial charge in [0, 0.05) is 44.4 Å². The number of nitrogens with two attached hydrogens (primary N) is 3. The van der Waals surface area contributed by atoms with E-state index < -0.39 is 0 Å². The number of aromatic nitrogens is 1. The minimum atomic E-state index is 0.0684. The molecule has 0 radical (unpaired) electrons. The third kappa shape index (κ3) is 3.40. The number of piperidine rings is 1. The van der Waals surface area contributed by atoms with Crippen molar-refractivity contribution in [2.75, 3.05) is 31.2 Å². The zero-order valence-corrected chi connectivity index (χ0v) is 16.8. The lowest BCUT2D eigenvalue weighted by atomic mass is 9.76. The number of pyridine rings is 1. The van der Waals surface area contributed by atoms with E-state index in [0.29, 0.717) is 22.8 Å². The Hall–Kier alpha value is -1.08. The van der Waals surface area contributed by atoms with Gasteiger partial charge in [-0.05, 0) is 26.7 Å². The first-order valence-electron chi connectivity index (χ1n) is 9.78. The van der Waals surface area contributed by atoms with Crippen LogP contribution in [0.5, 0.6) is 0 Å². The first kappa shape index (κ1) is 19.7. The quantitative estimate of drug-likeness (QED) is 0.548. The Bertz CT molecular complexity index is 637. The van der Waals surface area contributed by atoms with Crippen molar-refractivity contribution in [1.29, 1.82) is 0 Å². The van der Waals surface area contributed by atoms with E-state index in [0.717, 1.165) is 68.4 Å². The van der Waals surface area contributed by atoms with Gasteiger partial charge in [-0.1, -0.05) is 11.6 Å². The predicted molar refractivity (Wildman–Crippen MR) is 109 cm³/mol. The summed E-state index contributed by atoms with van der Waals surface area (Å²) in [4.78, 5) is 4.14. The summed E-state index contributed by atoms with van der Waals surface area (Å²) in [6.45, 7) is 7.15. The average molecular weight is 383 g/mol. The number of ether oxygens (including phenoxy) is 1. The Balaban J connectivity index is 2.01. The number of halogens is 1. The molecule has 1 aliphatic carbocycles. The summed E-state index contributed by atoms with van der Waals surface area (Å²) in [7, 11) is 0. The molecule has 1 saturated carbocycles. The number of rotatable bonds is 4. The first-order chi connectivity index (χ1) is 12.3. The second kappa shape index (κ2) is 7.50. The third-order valence-electron chi connectivity index (χ3n) is 6.70. The molecule has 0 atom stereocenters. The number of hydrogen-bond donors (Lipinski definition) is 3. The standard InChI is InChI=1S/C19H33ClN5O/c1-3-26-14-4-8-19(2,9-5-14)25(10-6-13(21)7-11-25)15-12-16(20)24-18(23)17(15)22/h12-14H,3-11,21-22H2,1-2H3,(H2,23,24)/q+1. The molecule has 2 heterocycles. The molecule has 6 N–H and O–H groups in total. The molecule has 1 aromatic rings. The molecule has 0 amide bonds. The fourth-order valence-corrected chi connectivity index (χ4v) is 5.22. The molecule has 146 valence electrons. The molecule has 0 unspecified atom stereocenters. The lowest BCUT2D eigenvalue weighted by Gasteiger charge is -2.56. The average Bonchev–Trinajstić information content (AvgIpc) is 2.61. The van der Waals surface area contributed by atoms with E-state index in [1.54, 1.807) is 0 Å². The fourth-order valence-electron chi connectivity index (χ4n) is 5.03. The Labute approximate surface area is 161 Å². The van der Waals surface area contributed by atoms with E-state index in [1.807, 2.05) is 6.07 Å². The van der Waals surface area contributed by atoms with Crippen LogP contribution in [0.15, 0.2) is 6.07 Å². The van der Waals surface area contributed by atoms with E-state index >= 15 is 0 Å². The maximum Gasteiger partial charge on any atom is 0.163 e. The van der Waals surface area contributed by atoms with Crippen LogP contribution in [0.25, 0.3) is 0 Å². The monoisotopic (exact) mass is 382 g/mol. The highest BCUT2D eigenvalue weighted by Crippen LogP contribution is 2.48. The summed E-state index contributed by atoms with van der Waals surface area (Å²) < 4.78 is 6.68. The largest absolute Gasteiger partial charge is 0.391 e. The molecule has 1 aliphatic heterocycles. The van der Waals surface area contributed by atoms with Crippen LogP contribution in [-0.2, 0) is 4.74 Å². The number of likely N-dealkylation sites (tertiary alicyclic amines) is 1. The molecule has 2 fully saturated rings. The molecule has 3 rings (SSSR count). The summed E-state index contributed by atoms with van der Waals surface area (Å²) in [5, 5.41) is 0.408. The van der Waals surface area contributed by atoms with Gasteiger partial charge in [-0.15, -0.1) is 0 Å². The van der Waals surface area contributed by atoms with E-state index in [4.69, 9.17) is 33.5 Å². The molecule has 0 bridgehead atoms. The summed E-state index contributed by atoms with van der Waals surface area (Å²) in [5.41, 5.74) is 20.4. The summed E-state index contributed by atoms with van der Waals surface area (Å²) in [6, 6.07) is 2.17. The molecule has 0 spiro atoms. The third-order valence-corrected chi connectivity index (χ3v) is 6.90. The first-order valence-corrected chi connectivity index (χ1v) is 10.2. The SMILES string of the molecule is CCOC1CCC(C)([N+]2(c3cc(Cl)nc(N)c3N)CCC(N)CC2)CC1. The minimum absolute atomic E-state index is 0.0684. The second-order valence-electron chi connectivity index (χ2n) is 8.17. The number of nitrogens with zero attached hydrogens (tertiary/aromatic N) is 2. The van der Waals surface area contributed by atoms with Crippen LogP contribution in [-0.4, -0.2) is 42.4 Å². The van der Waals surface area contributed by atoms with Gasteiger partial charge in [0.15, 0.2) is 11.5 Å². The zero-order valence-electron chi connectivity index (χ0n) is 16.0. The minimum Gasteiger partial charge on any atom is -0.391 e. The summed E-state index contributed by atoms with van der Waals surface area (Å²) in [5.74, 6) is 0.325. The Morgan fingerprint density at radius 3 is 2.42 bits per heavy atom. The van der Waals surface area contributed by atoms with Crippen LogP contribution in [0, 0.1) is 0 Å². The van der Waals surface area contributed by atoms with E-state index in [9.17, 15) is 0 Å². The van der Waals surface area contributed by atoms with Crippen molar-refractivity contribution >= 4 is 28.8 Å². The molecule has 1 aromatic heterocycles. The topological polar surface area (TPSA) is 100 Å². The molecule has 6 nitrogen and oxygen atoms in total. The van der Waals surface area contributed by atoms with Gasteiger partial charge in [0.2, 0.25) is 0 Å². The van der Waals surface area contributed by atoms with Crippen LogP contribution < -0.4 is 21.7 Å². The summed E-state index contributed by atoms with van der Waals surface area (Å²) in [6.07, 6.45) is 6.64. The van der Waals surface area contributed by atoms with Gasteiger partial charge in [0.05, 0.1) is 19.2 Å². The second-order valence-corrected chi connectivity index (χ2v) is 8.55. The van der Waals surface area contributed by atoms with Gasteiger partial charge in [0.1, 0.15) is 16.4 Å². The Kier molecular flexibility index (Phi) is 5.68. The number of quaternary nitrogens is 1. The maximum absolute atomic E-state index is 6.43. The molecular weight excluding hydrogens is 350 g/mol. The predicted octanol–water partition coefficient (Wildman–Crippen LogP) is 3.07. The van der Waals surface area contributed by atoms with Crippen molar-refractivity contribution in [3.8, 4) is 0 Å². The molecule has 7 heteroatoms. The molecule has 1 saturated heterocycles. The molecule has 2 aliphatic rings. The van der Waals surface area contributed by atoms with Gasteiger partial charge in [-0.25, -0.2) is 4.98 Å². The van der Waals surface area contributed by atoms with E-state index in [-0.39, 0.29) is 11.6 Å². The van der Waals surface area contributed by atoms with Crippen LogP contribution in [0.1, 0.15) is 52.4 Å². The highest BCUT2D eigenvalue weighted by Gasteiger charge is 2.53. The van der Waals surface area contributed by atoms with Gasteiger partial charge < -0.3 is 21.9 Å². The normalized spacial score (nSPS) is 35.4. The van der Waals surface area contributed by atoms with E-state index in [1.165, 1.54) is 0 Å². The van der Waals surface area contributed by atoms with Crippen LogP contribution in [0.3, 0.4) is 0 Å². The number of anilines is 2. The van der Waals surface area contributed by atoms with Gasteiger partial charge >= 0.3 is 0 Å². The highest BCUT2D eigenvalue weighted by molar-refractivity contribution is 6.30. The van der Waals surface area contributed by atoms with Gasteiger partial charge in [0.25, 0.3) is 0 Å². The van der Waals surface area contributed by atoms with Crippen molar-refractivity contribution < 1.29 is 4.74 Å². The maximum atomic E-state index is 6.43. The van der Waals surface area contributed by atoms with Crippen molar-refractivity contribution in [1.82, 2.24) is 9.47 Å². The van der Waals surface area contributed by atoms with Crippen LogP contribution in [0.4, 0.5) is 17.2 Å². The number of nitrogen functional groups attached to an aromatic ring is 2. The van der Waals surface area contributed by atoms with Crippen molar-refractivity contribution in [3.05, 3.63) is 11.2 Å². The van der Waals surface area contributed by atoms with Crippen molar-refractivity contribution in [2.24, 2.45) is 5.73 Å². The smallest absolute Gasteiger partial charge is 0.163 e. The molecule has 26 heavy (non-hydrogen) atoms. The lowest BCUT2D eigenvalue weighted by molar-refractivity contribution is -0.0216. The molecular formula is C19H33ClN5O+. The Morgan fingerprint density at radius 2 is 1.85 bits per heavy atom. The zero-order chi connectivity index (χ0) is 18.9. The summed E-state index contributed by atoms with van der Waals surface area (Å²) >= 11 is 6.28. The van der Waals surface area contributed by atoms with E-state index in [2.05, 4.69) is 18.8 Å². The molecule has 0 aromatic carbocycles. The van der Waals surface area contributed by atoms with Gasteiger partial charge in [-0.3, -0.25) is 4.48 Å². The van der Waals surface area contributed by atoms with Crippen molar-refractivity contribution in [3.63, 3.8) is 0 Å². The highest BCUT2D eigenvalue weighted by atomic mass is 35.5. The number of hydrogen-bond acceptors (Lipinski definition) is 5. The Morgan fingerprint density at radius 1 is 1.23 bits per heavy atom. The fraction of sp³-hybridized carbons (Fsp3) is 0.737. The van der Waals surface area contributed by atoms with Gasteiger partial charge in [-0.2, -0.15) is 0 Å². The van der Waals surface area contributed by atoms with Crippen LogP contribution in [0.2, 0.25) is 5.15 Å². The van der Waals surface area contributed by atoms with Crippen LogP contribution >= 0.6 is 11.6 Å². The lowest BCUT2D eigenvalue weighted by Crippen LogP contribution is -2.69.